The molecule has 5 nitrogen and oxygen atoms in total. The van der Waals surface area contributed by atoms with Crippen LogP contribution in [0.15, 0.2) is 48.8 Å². The van der Waals surface area contributed by atoms with Crippen LogP contribution in [0.4, 0.5) is 5.69 Å². The van der Waals surface area contributed by atoms with E-state index in [1.165, 1.54) is 18.0 Å². The lowest BCUT2D eigenvalue weighted by molar-refractivity contribution is -0.119. The molecular weight excluding hydrogens is 292 g/mol. The van der Waals surface area contributed by atoms with Crippen molar-refractivity contribution in [2.24, 2.45) is 0 Å². The van der Waals surface area contributed by atoms with E-state index in [1.54, 1.807) is 17.0 Å². The number of rotatable bonds is 4. The van der Waals surface area contributed by atoms with Crippen molar-refractivity contribution in [3.05, 3.63) is 59.9 Å². The maximum Gasteiger partial charge on any atom is 0.338 e. The first kappa shape index (κ1) is 15.2. The highest BCUT2D eigenvalue weighted by atomic mass is 16.5. The Bertz CT molecular complexity index is 700. The van der Waals surface area contributed by atoms with E-state index < -0.39 is 5.97 Å². The first-order valence-electron chi connectivity index (χ1n) is 7.71. The van der Waals surface area contributed by atoms with Crippen LogP contribution in [0, 0.1) is 0 Å². The van der Waals surface area contributed by atoms with Gasteiger partial charge in [0.05, 0.1) is 12.0 Å². The van der Waals surface area contributed by atoms with E-state index in [0.29, 0.717) is 12.1 Å². The lowest BCUT2D eigenvalue weighted by Crippen LogP contribution is -2.36. The minimum absolute atomic E-state index is 0.0142. The van der Waals surface area contributed by atoms with Crippen LogP contribution < -0.4 is 4.90 Å². The molecule has 0 bridgehead atoms. The molecule has 0 aliphatic carbocycles. The second kappa shape index (κ2) is 7.05. The number of ether oxygens (including phenoxy) is 1. The number of aromatic nitrogens is 1. The van der Waals surface area contributed by atoms with Crippen LogP contribution in [-0.2, 0) is 16.0 Å². The van der Waals surface area contributed by atoms with Crippen LogP contribution in [-0.4, -0.2) is 30.0 Å². The molecule has 0 radical (unpaired) electrons. The number of para-hydroxylation sites is 1. The number of anilines is 1. The van der Waals surface area contributed by atoms with Gasteiger partial charge in [0.1, 0.15) is 6.61 Å². The fourth-order valence-electron chi connectivity index (χ4n) is 2.73. The van der Waals surface area contributed by atoms with Crippen molar-refractivity contribution >= 4 is 17.6 Å². The number of carbonyl (C=O) groups is 2. The molecule has 0 unspecified atom stereocenters. The highest BCUT2D eigenvalue weighted by Gasteiger charge is 2.22. The highest BCUT2D eigenvalue weighted by molar-refractivity contribution is 5.95. The van der Waals surface area contributed by atoms with Gasteiger partial charge in [-0.15, -0.1) is 0 Å². The number of esters is 1. The van der Waals surface area contributed by atoms with E-state index in [9.17, 15) is 9.59 Å². The van der Waals surface area contributed by atoms with Crippen molar-refractivity contribution in [2.45, 2.75) is 19.3 Å². The third-order valence-electron chi connectivity index (χ3n) is 3.88. The topological polar surface area (TPSA) is 59.5 Å². The van der Waals surface area contributed by atoms with Gasteiger partial charge in [-0.3, -0.25) is 9.78 Å². The molecule has 0 N–H and O–H groups in total. The van der Waals surface area contributed by atoms with Gasteiger partial charge in [0.2, 0.25) is 5.91 Å². The molecule has 23 heavy (non-hydrogen) atoms. The Morgan fingerprint density at radius 2 is 1.91 bits per heavy atom. The number of pyridine rings is 1. The predicted octanol–water partition coefficient (Wildman–Crippen LogP) is 2.61. The van der Waals surface area contributed by atoms with Gasteiger partial charge in [-0.2, -0.15) is 0 Å². The molecule has 1 aromatic heterocycles. The monoisotopic (exact) mass is 310 g/mol. The Balaban J connectivity index is 1.55. The lowest BCUT2D eigenvalue weighted by Gasteiger charge is -2.29. The Morgan fingerprint density at radius 1 is 1.13 bits per heavy atom. The Hall–Kier alpha value is -2.69. The zero-order valence-electron chi connectivity index (χ0n) is 12.8. The number of amides is 1. The van der Waals surface area contributed by atoms with Crippen molar-refractivity contribution < 1.29 is 14.3 Å². The molecular formula is C18H18N2O3. The molecule has 5 heteroatoms. The summed E-state index contributed by atoms with van der Waals surface area (Å²) in [7, 11) is 0. The van der Waals surface area contributed by atoms with Crippen LogP contribution in [0.2, 0.25) is 0 Å². The van der Waals surface area contributed by atoms with Gasteiger partial charge in [-0.1, -0.05) is 18.2 Å². The number of nitrogens with zero attached hydrogens (tertiary/aromatic N) is 2. The molecule has 1 aliphatic rings. The van der Waals surface area contributed by atoms with Crippen molar-refractivity contribution in [1.29, 1.82) is 0 Å². The van der Waals surface area contributed by atoms with E-state index in [-0.39, 0.29) is 18.9 Å². The molecule has 3 rings (SSSR count). The van der Waals surface area contributed by atoms with Gasteiger partial charge in [0.15, 0.2) is 0 Å². The van der Waals surface area contributed by atoms with E-state index in [1.807, 2.05) is 18.2 Å². The standard InChI is InChI=1S/C18H18N2O3/c21-17(9-13-23-18(22)15-7-10-19-11-8-15)20-12-3-5-14-4-1-2-6-16(14)20/h1-2,4,6-8,10-11H,3,5,9,12-13H2. The third kappa shape index (κ3) is 3.56. The highest BCUT2D eigenvalue weighted by Crippen LogP contribution is 2.27. The van der Waals surface area contributed by atoms with Crippen LogP contribution >= 0.6 is 0 Å². The fraction of sp³-hybridized carbons (Fsp3) is 0.278. The summed E-state index contributed by atoms with van der Waals surface area (Å²) in [6.45, 7) is 0.798. The molecule has 118 valence electrons. The largest absolute Gasteiger partial charge is 0.462 e. The summed E-state index contributed by atoms with van der Waals surface area (Å²) >= 11 is 0. The SMILES string of the molecule is O=C(OCCC(=O)N1CCCc2ccccc21)c1ccncc1. The molecule has 2 heterocycles. The molecule has 0 spiro atoms. The normalized spacial score (nSPS) is 13.3. The van der Waals surface area contributed by atoms with Crippen LogP contribution in [0.25, 0.3) is 0 Å². The Morgan fingerprint density at radius 3 is 2.74 bits per heavy atom. The first-order valence-corrected chi connectivity index (χ1v) is 7.71. The minimum Gasteiger partial charge on any atom is -0.462 e. The van der Waals surface area contributed by atoms with Gasteiger partial charge < -0.3 is 9.64 Å². The zero-order chi connectivity index (χ0) is 16.1. The minimum atomic E-state index is -0.431. The number of aryl methyl sites for hydroxylation is 1. The second-order valence-corrected chi connectivity index (χ2v) is 5.40. The summed E-state index contributed by atoms with van der Waals surface area (Å²) < 4.78 is 5.16. The molecule has 0 saturated heterocycles. The average Bonchev–Trinajstić information content (AvgIpc) is 2.61. The average molecular weight is 310 g/mol. The summed E-state index contributed by atoms with van der Waals surface area (Å²) in [4.78, 5) is 29.9. The van der Waals surface area contributed by atoms with E-state index in [2.05, 4.69) is 11.1 Å². The van der Waals surface area contributed by atoms with E-state index >= 15 is 0 Å². The van der Waals surface area contributed by atoms with Gasteiger partial charge in [-0.05, 0) is 36.6 Å². The first-order chi connectivity index (χ1) is 11.3. The molecule has 1 aliphatic heterocycles. The lowest BCUT2D eigenvalue weighted by atomic mass is 10.0. The fourth-order valence-corrected chi connectivity index (χ4v) is 2.73. The smallest absolute Gasteiger partial charge is 0.338 e. The number of carbonyl (C=O) groups excluding carboxylic acids is 2. The van der Waals surface area contributed by atoms with Gasteiger partial charge in [-0.25, -0.2) is 4.79 Å². The Kier molecular flexibility index (Phi) is 4.66. The maximum absolute atomic E-state index is 12.4. The quantitative estimate of drug-likeness (QED) is 0.815. The van der Waals surface area contributed by atoms with Crippen molar-refractivity contribution in [1.82, 2.24) is 4.98 Å². The summed E-state index contributed by atoms with van der Waals surface area (Å²) in [5, 5.41) is 0. The van der Waals surface area contributed by atoms with Crippen molar-refractivity contribution in [3.63, 3.8) is 0 Å². The van der Waals surface area contributed by atoms with Crippen LogP contribution in [0.1, 0.15) is 28.8 Å². The number of benzene rings is 1. The van der Waals surface area contributed by atoms with Gasteiger partial charge >= 0.3 is 5.97 Å². The van der Waals surface area contributed by atoms with Crippen molar-refractivity contribution in [2.75, 3.05) is 18.1 Å². The molecule has 2 aromatic rings. The molecule has 0 fully saturated rings. The second-order valence-electron chi connectivity index (χ2n) is 5.40. The Labute approximate surface area is 134 Å². The van der Waals surface area contributed by atoms with E-state index in [4.69, 9.17) is 4.74 Å². The maximum atomic E-state index is 12.4. The van der Waals surface area contributed by atoms with Crippen molar-refractivity contribution in [3.8, 4) is 0 Å². The summed E-state index contributed by atoms with van der Waals surface area (Å²) in [6.07, 6.45) is 5.21. The summed E-state index contributed by atoms with van der Waals surface area (Å²) in [6, 6.07) is 11.1. The summed E-state index contributed by atoms with van der Waals surface area (Å²) in [5.74, 6) is -0.445. The van der Waals surface area contributed by atoms with Crippen LogP contribution in [0.3, 0.4) is 0 Å². The molecule has 1 aromatic carbocycles. The van der Waals surface area contributed by atoms with E-state index in [0.717, 1.165) is 18.5 Å². The number of hydrogen-bond donors (Lipinski definition) is 0. The third-order valence-corrected chi connectivity index (χ3v) is 3.88. The number of fused-ring (bicyclic) bond motifs is 1. The molecule has 0 saturated carbocycles. The van der Waals surface area contributed by atoms with Crippen LogP contribution in [0.5, 0.6) is 0 Å². The predicted molar refractivity (Wildman–Crippen MR) is 86.3 cm³/mol. The molecule has 0 atom stereocenters. The van der Waals surface area contributed by atoms with Gasteiger partial charge in [0.25, 0.3) is 0 Å². The number of hydrogen-bond acceptors (Lipinski definition) is 4. The summed E-state index contributed by atoms with van der Waals surface area (Å²) in [5.41, 5.74) is 2.61. The van der Waals surface area contributed by atoms with Gasteiger partial charge in [0, 0.05) is 24.6 Å². The zero-order valence-corrected chi connectivity index (χ0v) is 12.8. The molecule has 1 amide bonds.